The highest BCUT2D eigenvalue weighted by Gasteiger charge is 2.06. The molecule has 16 heavy (non-hydrogen) atoms. The molecule has 1 rings (SSSR count). The molecule has 0 N–H and O–H groups in total. The first-order valence-electron chi connectivity index (χ1n) is 5.19. The molecule has 0 aliphatic heterocycles. The molecule has 1 aromatic rings. The number of hydrogen-bond acceptors (Lipinski definition) is 4. The molecule has 4 heteroatoms. The van der Waals surface area contributed by atoms with Gasteiger partial charge < -0.3 is 14.2 Å². The van der Waals surface area contributed by atoms with Crippen molar-refractivity contribution in [2.75, 3.05) is 13.7 Å². The summed E-state index contributed by atoms with van der Waals surface area (Å²) in [6.45, 7) is 2.46. The van der Waals surface area contributed by atoms with Crippen molar-refractivity contribution in [3.8, 4) is 5.75 Å². The number of hydrogen-bond donors (Lipinski definition) is 0. The maximum Gasteiger partial charge on any atom is 0.508 e. The molecule has 0 heterocycles. The Labute approximate surface area is 95.1 Å². The summed E-state index contributed by atoms with van der Waals surface area (Å²) in [5.41, 5.74) is 0.818. The van der Waals surface area contributed by atoms with Crippen LogP contribution in [0.1, 0.15) is 18.9 Å². The van der Waals surface area contributed by atoms with Crippen LogP contribution in [0.4, 0.5) is 4.79 Å². The van der Waals surface area contributed by atoms with E-state index in [4.69, 9.17) is 14.2 Å². The molecule has 0 saturated carbocycles. The minimum atomic E-state index is -0.646. The van der Waals surface area contributed by atoms with E-state index in [1.54, 1.807) is 7.11 Å². The summed E-state index contributed by atoms with van der Waals surface area (Å²) in [6, 6.07) is 7.37. The van der Waals surface area contributed by atoms with Gasteiger partial charge in [0.25, 0.3) is 0 Å². The molecule has 0 saturated heterocycles. The van der Waals surface area contributed by atoms with Crippen molar-refractivity contribution in [3.05, 3.63) is 29.8 Å². The Hall–Kier alpha value is -1.71. The first kappa shape index (κ1) is 12.4. The number of rotatable bonds is 5. The summed E-state index contributed by atoms with van der Waals surface area (Å²) >= 11 is 0. The topological polar surface area (TPSA) is 44.8 Å². The number of carbonyl (C=O) groups is 1. The quantitative estimate of drug-likeness (QED) is 0.721. The molecular formula is C12H16O4. The van der Waals surface area contributed by atoms with Crippen molar-refractivity contribution in [3.63, 3.8) is 0 Å². The zero-order valence-corrected chi connectivity index (χ0v) is 9.56. The lowest BCUT2D eigenvalue weighted by atomic mass is 10.2. The summed E-state index contributed by atoms with van der Waals surface area (Å²) in [6.07, 6.45) is 0.136. The minimum Gasteiger partial charge on any atom is -0.496 e. The van der Waals surface area contributed by atoms with Gasteiger partial charge in [0.1, 0.15) is 12.4 Å². The van der Waals surface area contributed by atoms with Gasteiger partial charge in [0, 0.05) is 5.56 Å². The molecular weight excluding hydrogens is 208 g/mol. The molecule has 0 aromatic heterocycles. The molecule has 4 nitrogen and oxygen atoms in total. The van der Waals surface area contributed by atoms with E-state index in [9.17, 15) is 4.79 Å². The Kier molecular flexibility index (Phi) is 5.19. The first-order chi connectivity index (χ1) is 7.77. The van der Waals surface area contributed by atoms with Crippen LogP contribution >= 0.6 is 0 Å². The first-order valence-corrected chi connectivity index (χ1v) is 5.19. The lowest BCUT2D eigenvalue weighted by molar-refractivity contribution is 0.0495. The molecule has 1 aromatic carbocycles. The van der Waals surface area contributed by atoms with E-state index >= 15 is 0 Å². The van der Waals surface area contributed by atoms with E-state index in [0.29, 0.717) is 12.4 Å². The van der Waals surface area contributed by atoms with Gasteiger partial charge in [-0.2, -0.15) is 0 Å². The van der Waals surface area contributed by atoms with Crippen LogP contribution in [0.25, 0.3) is 0 Å². The Bertz CT molecular complexity index is 336. The second-order valence-corrected chi connectivity index (χ2v) is 3.20. The zero-order valence-electron chi connectivity index (χ0n) is 9.56. The molecule has 88 valence electrons. The second kappa shape index (κ2) is 6.71. The van der Waals surface area contributed by atoms with Crippen molar-refractivity contribution in [1.29, 1.82) is 0 Å². The highest BCUT2D eigenvalue weighted by Crippen LogP contribution is 2.18. The third-order valence-corrected chi connectivity index (χ3v) is 1.96. The third-order valence-electron chi connectivity index (χ3n) is 1.96. The van der Waals surface area contributed by atoms with Crippen LogP contribution in [-0.2, 0) is 16.1 Å². The summed E-state index contributed by atoms with van der Waals surface area (Å²) < 4.78 is 14.8. The Morgan fingerprint density at radius 1 is 1.25 bits per heavy atom. The summed E-state index contributed by atoms with van der Waals surface area (Å²) in [5.74, 6) is 0.700. The maximum absolute atomic E-state index is 11.1. The van der Waals surface area contributed by atoms with Gasteiger partial charge in [-0.25, -0.2) is 4.79 Å². The van der Waals surface area contributed by atoms with Crippen molar-refractivity contribution < 1.29 is 19.0 Å². The predicted molar refractivity (Wildman–Crippen MR) is 59.4 cm³/mol. The van der Waals surface area contributed by atoms with Gasteiger partial charge in [0.15, 0.2) is 0 Å². The largest absolute Gasteiger partial charge is 0.508 e. The van der Waals surface area contributed by atoms with Crippen LogP contribution in [0.2, 0.25) is 0 Å². The van der Waals surface area contributed by atoms with Crippen LogP contribution in [-0.4, -0.2) is 19.9 Å². The number of para-hydroxylation sites is 1. The molecule has 0 unspecified atom stereocenters. The van der Waals surface area contributed by atoms with E-state index < -0.39 is 6.16 Å². The smallest absolute Gasteiger partial charge is 0.496 e. The molecule has 0 atom stereocenters. The van der Waals surface area contributed by atoms with Gasteiger partial charge in [0.05, 0.1) is 13.7 Å². The minimum absolute atomic E-state index is 0.159. The van der Waals surface area contributed by atoms with Crippen molar-refractivity contribution in [2.45, 2.75) is 20.0 Å². The maximum atomic E-state index is 11.1. The van der Waals surface area contributed by atoms with Gasteiger partial charge in [0.2, 0.25) is 0 Å². The van der Waals surface area contributed by atoms with Crippen LogP contribution in [0.3, 0.4) is 0 Å². The van der Waals surface area contributed by atoms with E-state index in [1.807, 2.05) is 31.2 Å². The third kappa shape index (κ3) is 3.81. The average molecular weight is 224 g/mol. The van der Waals surface area contributed by atoms with Crippen LogP contribution in [0.15, 0.2) is 24.3 Å². The molecule has 0 bridgehead atoms. The van der Waals surface area contributed by atoms with E-state index in [2.05, 4.69) is 0 Å². The Morgan fingerprint density at radius 2 is 2.00 bits per heavy atom. The predicted octanol–water partition coefficient (Wildman–Crippen LogP) is 2.76. The van der Waals surface area contributed by atoms with Crippen molar-refractivity contribution in [2.24, 2.45) is 0 Å². The van der Waals surface area contributed by atoms with Crippen LogP contribution in [0, 0.1) is 0 Å². The van der Waals surface area contributed by atoms with Crippen LogP contribution in [0.5, 0.6) is 5.75 Å². The fourth-order valence-corrected chi connectivity index (χ4v) is 1.19. The normalized spacial score (nSPS) is 9.62. The lowest BCUT2D eigenvalue weighted by Crippen LogP contribution is -2.08. The number of benzene rings is 1. The molecule has 0 spiro atoms. The summed E-state index contributed by atoms with van der Waals surface area (Å²) in [5, 5.41) is 0. The van der Waals surface area contributed by atoms with Crippen molar-refractivity contribution >= 4 is 6.16 Å². The van der Waals surface area contributed by atoms with E-state index in [1.165, 1.54) is 0 Å². The molecule has 0 aliphatic rings. The highest BCUT2D eigenvalue weighted by atomic mass is 16.7. The molecule has 0 aliphatic carbocycles. The Morgan fingerprint density at radius 3 is 2.69 bits per heavy atom. The average Bonchev–Trinajstić information content (AvgIpc) is 2.34. The summed E-state index contributed by atoms with van der Waals surface area (Å²) in [7, 11) is 1.58. The Balaban J connectivity index is 2.44. The van der Waals surface area contributed by atoms with Gasteiger partial charge >= 0.3 is 6.16 Å². The van der Waals surface area contributed by atoms with E-state index in [-0.39, 0.29) is 6.61 Å². The number of carbonyl (C=O) groups excluding carboxylic acids is 1. The van der Waals surface area contributed by atoms with Gasteiger partial charge in [-0.05, 0) is 12.5 Å². The van der Waals surface area contributed by atoms with Gasteiger partial charge in [-0.15, -0.1) is 0 Å². The fourth-order valence-electron chi connectivity index (χ4n) is 1.19. The zero-order chi connectivity index (χ0) is 11.8. The lowest BCUT2D eigenvalue weighted by Gasteiger charge is -2.08. The molecule has 0 radical (unpaired) electrons. The SMILES string of the molecule is CCCOC(=O)OCc1ccccc1OC. The number of ether oxygens (including phenoxy) is 3. The molecule has 0 amide bonds. The summed E-state index contributed by atoms with van der Waals surface area (Å²) in [4.78, 5) is 11.1. The number of methoxy groups -OCH3 is 1. The standard InChI is InChI=1S/C12H16O4/c1-3-8-15-12(13)16-9-10-6-4-5-7-11(10)14-2/h4-7H,3,8-9H2,1-2H3. The fraction of sp³-hybridized carbons (Fsp3) is 0.417. The van der Waals surface area contributed by atoms with Gasteiger partial charge in [-0.3, -0.25) is 0 Å². The van der Waals surface area contributed by atoms with Crippen LogP contribution < -0.4 is 4.74 Å². The van der Waals surface area contributed by atoms with Gasteiger partial charge in [-0.1, -0.05) is 25.1 Å². The highest BCUT2D eigenvalue weighted by molar-refractivity contribution is 5.60. The monoisotopic (exact) mass is 224 g/mol. The second-order valence-electron chi connectivity index (χ2n) is 3.20. The van der Waals surface area contributed by atoms with E-state index in [0.717, 1.165) is 12.0 Å². The van der Waals surface area contributed by atoms with Crippen molar-refractivity contribution in [1.82, 2.24) is 0 Å². The molecule has 0 fully saturated rings.